The summed E-state index contributed by atoms with van der Waals surface area (Å²) < 4.78 is 0. The molecule has 102 valence electrons. The van der Waals surface area contributed by atoms with E-state index in [0.717, 1.165) is 6.42 Å². The molecule has 0 fully saturated rings. The number of rotatable bonds is 2. The van der Waals surface area contributed by atoms with Crippen LogP contribution in [0.5, 0.6) is 0 Å². The molecule has 1 heteroatoms. The summed E-state index contributed by atoms with van der Waals surface area (Å²) in [6, 6.07) is 0. The molecule has 0 atom stereocenters. The highest BCUT2D eigenvalue weighted by Gasteiger charge is 2.32. The first kappa shape index (κ1) is 14.0. The van der Waals surface area contributed by atoms with E-state index in [1.54, 1.807) is 18.6 Å². The first-order valence-electron chi connectivity index (χ1n) is 7.03. The van der Waals surface area contributed by atoms with Crippen molar-refractivity contribution in [3.05, 3.63) is 39.5 Å². The molecule has 0 aliphatic heterocycles. The Labute approximate surface area is 116 Å². The minimum absolute atomic E-state index is 0.109. The van der Waals surface area contributed by atoms with Gasteiger partial charge >= 0.3 is 0 Å². The maximum atomic E-state index is 11.2. The van der Waals surface area contributed by atoms with Crippen molar-refractivity contribution in [1.82, 2.24) is 0 Å². The number of ketones is 1. The molecule has 1 aromatic carbocycles. The Bertz CT molecular complexity index is 574. The molecule has 0 heterocycles. The zero-order valence-electron chi connectivity index (χ0n) is 13.0. The largest absolute Gasteiger partial charge is 0.295 e. The van der Waals surface area contributed by atoms with Crippen molar-refractivity contribution in [3.8, 4) is 0 Å². The Hall–Kier alpha value is -1.37. The fourth-order valence-corrected chi connectivity index (χ4v) is 3.27. The van der Waals surface area contributed by atoms with Crippen molar-refractivity contribution in [3.63, 3.8) is 0 Å². The topological polar surface area (TPSA) is 17.1 Å². The normalized spacial score (nSPS) is 16.9. The monoisotopic (exact) mass is 256 g/mol. The van der Waals surface area contributed by atoms with E-state index in [2.05, 4.69) is 34.6 Å². The number of benzene rings is 1. The van der Waals surface area contributed by atoms with E-state index >= 15 is 0 Å². The Morgan fingerprint density at radius 2 is 1.53 bits per heavy atom. The highest BCUT2D eigenvalue weighted by atomic mass is 16.1. The van der Waals surface area contributed by atoms with Gasteiger partial charge in [-0.2, -0.15) is 0 Å². The molecule has 0 saturated heterocycles. The van der Waals surface area contributed by atoms with Gasteiger partial charge in [-0.3, -0.25) is 4.79 Å². The quantitative estimate of drug-likeness (QED) is 0.719. The Kier molecular flexibility index (Phi) is 3.42. The van der Waals surface area contributed by atoms with Crippen LogP contribution in [-0.4, -0.2) is 5.78 Å². The van der Waals surface area contributed by atoms with Gasteiger partial charge in [0.1, 0.15) is 0 Å². The molecule has 1 aliphatic rings. The molecule has 0 spiro atoms. The summed E-state index contributed by atoms with van der Waals surface area (Å²) in [6.07, 6.45) is 6.00. The van der Waals surface area contributed by atoms with Crippen LogP contribution in [0.4, 0.5) is 0 Å². The number of hydrogen-bond donors (Lipinski definition) is 0. The van der Waals surface area contributed by atoms with Crippen LogP contribution < -0.4 is 0 Å². The number of carbonyl (C=O) groups excluding carboxylic acids is 1. The zero-order chi connectivity index (χ0) is 14.4. The molecule has 19 heavy (non-hydrogen) atoms. The average Bonchev–Trinajstić information content (AvgIpc) is 2.62. The van der Waals surface area contributed by atoms with Gasteiger partial charge in [-0.1, -0.05) is 19.9 Å². The standard InChI is InChI=1S/C18H24O/c1-11(19)7-8-15-12(2)13(3)16-9-18(5,6)10-17(16)14(15)4/h7-8H,9-10H2,1-6H3/b8-7+. The lowest BCUT2D eigenvalue weighted by Gasteiger charge is -2.16. The average molecular weight is 256 g/mol. The van der Waals surface area contributed by atoms with Gasteiger partial charge < -0.3 is 0 Å². The van der Waals surface area contributed by atoms with Gasteiger partial charge in [0.05, 0.1) is 0 Å². The molecule has 0 saturated carbocycles. The number of fused-ring (bicyclic) bond motifs is 1. The van der Waals surface area contributed by atoms with Crippen LogP contribution in [0, 0.1) is 26.2 Å². The van der Waals surface area contributed by atoms with Crippen molar-refractivity contribution in [2.45, 2.75) is 54.4 Å². The van der Waals surface area contributed by atoms with Gasteiger partial charge in [0.2, 0.25) is 0 Å². The smallest absolute Gasteiger partial charge is 0.152 e. The highest BCUT2D eigenvalue weighted by molar-refractivity contribution is 5.92. The summed E-state index contributed by atoms with van der Waals surface area (Å²) in [5.41, 5.74) is 8.76. The van der Waals surface area contributed by atoms with Crippen LogP contribution in [0.25, 0.3) is 6.08 Å². The Morgan fingerprint density at radius 3 is 2.05 bits per heavy atom. The Balaban J connectivity index is 2.61. The second kappa shape index (κ2) is 4.63. The first-order chi connectivity index (χ1) is 8.73. The number of carbonyl (C=O) groups is 1. The summed E-state index contributed by atoms with van der Waals surface area (Å²) in [4.78, 5) is 11.2. The minimum Gasteiger partial charge on any atom is -0.295 e. The summed E-state index contributed by atoms with van der Waals surface area (Å²) in [7, 11) is 0. The summed E-state index contributed by atoms with van der Waals surface area (Å²) in [6.45, 7) is 12.9. The second-order valence-corrected chi connectivity index (χ2v) is 6.71. The van der Waals surface area contributed by atoms with E-state index in [1.165, 1.54) is 34.2 Å². The third kappa shape index (κ3) is 2.51. The van der Waals surface area contributed by atoms with Crippen LogP contribution in [0.2, 0.25) is 0 Å². The van der Waals surface area contributed by atoms with Crippen LogP contribution in [-0.2, 0) is 17.6 Å². The molecule has 0 aromatic heterocycles. The fraction of sp³-hybridized carbons (Fsp3) is 0.500. The molecular formula is C18H24O. The molecule has 0 N–H and O–H groups in total. The maximum absolute atomic E-state index is 11.2. The molecule has 1 aromatic rings. The lowest BCUT2D eigenvalue weighted by Crippen LogP contribution is -2.10. The van der Waals surface area contributed by atoms with Crippen LogP contribution >= 0.6 is 0 Å². The molecule has 1 nitrogen and oxygen atoms in total. The van der Waals surface area contributed by atoms with Crippen molar-refractivity contribution in [1.29, 1.82) is 0 Å². The SMILES string of the molecule is CC(=O)/C=C/c1c(C)c(C)c2c(c1C)CC(C)(C)C2. The predicted molar refractivity (Wildman–Crippen MR) is 81.6 cm³/mol. The molecule has 0 bridgehead atoms. The van der Waals surface area contributed by atoms with Gasteiger partial charge in [-0.15, -0.1) is 0 Å². The van der Waals surface area contributed by atoms with Crippen molar-refractivity contribution < 1.29 is 4.79 Å². The van der Waals surface area contributed by atoms with Gasteiger partial charge in [0.15, 0.2) is 5.78 Å². The van der Waals surface area contributed by atoms with Crippen molar-refractivity contribution in [2.24, 2.45) is 5.41 Å². The summed E-state index contributed by atoms with van der Waals surface area (Å²) >= 11 is 0. The summed E-state index contributed by atoms with van der Waals surface area (Å²) in [5.74, 6) is 0.109. The third-order valence-corrected chi connectivity index (χ3v) is 4.44. The molecule has 0 unspecified atom stereocenters. The van der Waals surface area contributed by atoms with Gasteiger partial charge in [-0.05, 0) is 85.4 Å². The molecule has 2 rings (SSSR count). The van der Waals surface area contributed by atoms with E-state index in [9.17, 15) is 4.79 Å². The van der Waals surface area contributed by atoms with E-state index in [0.29, 0.717) is 5.41 Å². The van der Waals surface area contributed by atoms with Crippen LogP contribution in [0.1, 0.15) is 54.2 Å². The lowest BCUT2D eigenvalue weighted by molar-refractivity contribution is -0.112. The molecule has 0 radical (unpaired) electrons. The van der Waals surface area contributed by atoms with Crippen LogP contribution in [0.15, 0.2) is 6.08 Å². The van der Waals surface area contributed by atoms with E-state index in [1.807, 2.05) is 6.08 Å². The Morgan fingerprint density at radius 1 is 1.00 bits per heavy atom. The molecular weight excluding hydrogens is 232 g/mol. The number of allylic oxidation sites excluding steroid dienone is 1. The van der Waals surface area contributed by atoms with E-state index in [4.69, 9.17) is 0 Å². The zero-order valence-corrected chi connectivity index (χ0v) is 13.0. The van der Waals surface area contributed by atoms with Crippen LogP contribution in [0.3, 0.4) is 0 Å². The number of hydrogen-bond acceptors (Lipinski definition) is 1. The third-order valence-electron chi connectivity index (χ3n) is 4.44. The van der Waals surface area contributed by atoms with E-state index in [-0.39, 0.29) is 5.78 Å². The summed E-state index contributed by atoms with van der Waals surface area (Å²) in [5, 5.41) is 0. The van der Waals surface area contributed by atoms with Gasteiger partial charge in [0, 0.05) is 0 Å². The fourth-order valence-electron chi connectivity index (χ4n) is 3.27. The second-order valence-electron chi connectivity index (χ2n) is 6.71. The predicted octanol–water partition coefficient (Wildman–Crippen LogP) is 4.34. The minimum atomic E-state index is 0.109. The van der Waals surface area contributed by atoms with Gasteiger partial charge in [0.25, 0.3) is 0 Å². The van der Waals surface area contributed by atoms with Crippen molar-refractivity contribution >= 4 is 11.9 Å². The maximum Gasteiger partial charge on any atom is 0.152 e. The lowest BCUT2D eigenvalue weighted by atomic mass is 9.89. The van der Waals surface area contributed by atoms with E-state index < -0.39 is 0 Å². The van der Waals surface area contributed by atoms with Crippen molar-refractivity contribution in [2.75, 3.05) is 0 Å². The molecule has 0 amide bonds. The molecule has 1 aliphatic carbocycles. The highest BCUT2D eigenvalue weighted by Crippen LogP contribution is 2.42. The first-order valence-corrected chi connectivity index (χ1v) is 7.03. The van der Waals surface area contributed by atoms with Gasteiger partial charge in [-0.25, -0.2) is 0 Å².